The lowest BCUT2D eigenvalue weighted by Crippen LogP contribution is -3.14. The molecular weight excluding hydrogens is 438 g/mol. The van der Waals surface area contributed by atoms with Crippen molar-refractivity contribution in [1.82, 2.24) is 9.55 Å². The molecule has 2 aromatic carbocycles. The van der Waals surface area contributed by atoms with Gasteiger partial charge in [0.25, 0.3) is 5.56 Å². The van der Waals surface area contributed by atoms with Crippen LogP contribution in [0.2, 0.25) is 0 Å². The van der Waals surface area contributed by atoms with E-state index < -0.39 is 0 Å². The number of morpholine rings is 1. The van der Waals surface area contributed by atoms with Crippen LogP contribution in [-0.4, -0.2) is 60.5 Å². The molecular formula is C25H30N3O4S+. The molecule has 0 spiro atoms. The Balaban J connectivity index is 1.55. The van der Waals surface area contributed by atoms with Crippen LogP contribution in [-0.2, 0) is 11.3 Å². The number of hydrogen-bond donors (Lipinski definition) is 1. The molecule has 1 saturated heterocycles. The van der Waals surface area contributed by atoms with Crippen LogP contribution in [0.5, 0.6) is 5.75 Å². The topological polar surface area (TPSA) is 74.9 Å². The van der Waals surface area contributed by atoms with Gasteiger partial charge in [-0.3, -0.25) is 14.2 Å². The molecule has 0 radical (unpaired) electrons. The third-order valence-corrected chi connectivity index (χ3v) is 7.05. The highest BCUT2D eigenvalue weighted by atomic mass is 32.2. The maximum Gasteiger partial charge on any atom is 0.262 e. The summed E-state index contributed by atoms with van der Waals surface area (Å²) in [6, 6.07) is 14.5. The number of ether oxygens (including phenoxy) is 2. The van der Waals surface area contributed by atoms with Gasteiger partial charge < -0.3 is 14.4 Å². The second-order valence-corrected chi connectivity index (χ2v) is 9.50. The highest BCUT2D eigenvalue weighted by Gasteiger charge is 2.21. The fourth-order valence-corrected chi connectivity index (χ4v) is 5.05. The zero-order chi connectivity index (χ0) is 23.2. The van der Waals surface area contributed by atoms with E-state index in [4.69, 9.17) is 14.5 Å². The molecule has 3 aromatic rings. The number of carbonyl (C=O) groups excluding carboxylic acids is 1. The molecule has 0 saturated carbocycles. The number of hydrogen-bond acceptors (Lipinski definition) is 6. The Morgan fingerprint density at radius 2 is 1.91 bits per heavy atom. The van der Waals surface area contributed by atoms with Gasteiger partial charge in [-0.25, -0.2) is 4.98 Å². The molecule has 8 heteroatoms. The molecule has 1 aromatic heterocycles. The van der Waals surface area contributed by atoms with Crippen molar-refractivity contribution in [2.24, 2.45) is 0 Å². The number of methoxy groups -OCH3 is 1. The molecule has 0 amide bonds. The largest absolute Gasteiger partial charge is 0.497 e. The van der Waals surface area contributed by atoms with E-state index in [1.807, 2.05) is 31.2 Å². The Bertz CT molecular complexity index is 1160. The molecule has 1 fully saturated rings. The third kappa shape index (κ3) is 5.63. The normalized spacial score (nSPS) is 15.5. The SMILES string of the molecule is COc1ccc(C(=O)[C@H](C)Sc2nc3ccccc3c(=O)n2CCC[NH+]2CCOCC2)cc1. The molecule has 33 heavy (non-hydrogen) atoms. The number of benzene rings is 2. The van der Waals surface area contributed by atoms with Crippen molar-refractivity contribution in [3.63, 3.8) is 0 Å². The van der Waals surface area contributed by atoms with Crippen molar-refractivity contribution in [3.05, 3.63) is 64.4 Å². The molecule has 1 aliphatic heterocycles. The van der Waals surface area contributed by atoms with Crippen molar-refractivity contribution in [3.8, 4) is 5.75 Å². The minimum Gasteiger partial charge on any atom is -0.497 e. The fourth-order valence-electron chi connectivity index (χ4n) is 4.03. The predicted octanol–water partition coefficient (Wildman–Crippen LogP) is 2.07. The quantitative estimate of drug-likeness (QED) is 0.294. The van der Waals surface area contributed by atoms with E-state index in [1.54, 1.807) is 35.9 Å². The summed E-state index contributed by atoms with van der Waals surface area (Å²) in [6.45, 7) is 7.00. The lowest BCUT2D eigenvalue weighted by atomic mass is 10.1. The van der Waals surface area contributed by atoms with E-state index in [0.29, 0.717) is 33.9 Å². The van der Waals surface area contributed by atoms with Gasteiger partial charge in [0.05, 0.1) is 43.0 Å². The Morgan fingerprint density at radius 1 is 1.18 bits per heavy atom. The number of nitrogens with zero attached hydrogens (tertiary/aromatic N) is 2. The molecule has 1 aliphatic rings. The summed E-state index contributed by atoms with van der Waals surface area (Å²) in [5.74, 6) is 0.702. The first-order chi connectivity index (χ1) is 16.1. The van der Waals surface area contributed by atoms with Crippen LogP contribution in [0, 0.1) is 0 Å². The summed E-state index contributed by atoms with van der Waals surface area (Å²) in [4.78, 5) is 32.6. The molecule has 0 bridgehead atoms. The van der Waals surface area contributed by atoms with Crippen molar-refractivity contribution in [2.75, 3.05) is 40.0 Å². The average Bonchev–Trinajstić information content (AvgIpc) is 2.86. The summed E-state index contributed by atoms with van der Waals surface area (Å²) >= 11 is 1.34. The van der Waals surface area contributed by atoms with E-state index in [-0.39, 0.29) is 16.6 Å². The van der Waals surface area contributed by atoms with Gasteiger partial charge in [-0.15, -0.1) is 0 Å². The van der Waals surface area contributed by atoms with E-state index in [2.05, 4.69) is 0 Å². The third-order valence-electron chi connectivity index (χ3n) is 5.96. The summed E-state index contributed by atoms with van der Waals surface area (Å²) in [5.41, 5.74) is 1.22. The Kier molecular flexibility index (Phi) is 7.80. The van der Waals surface area contributed by atoms with Crippen molar-refractivity contribution in [2.45, 2.75) is 30.3 Å². The molecule has 1 N–H and O–H groups in total. The predicted molar refractivity (Wildman–Crippen MR) is 130 cm³/mol. The van der Waals surface area contributed by atoms with Gasteiger partial charge in [-0.05, 0) is 43.3 Å². The summed E-state index contributed by atoms with van der Waals surface area (Å²) < 4.78 is 12.4. The number of nitrogens with one attached hydrogen (secondary N) is 1. The van der Waals surface area contributed by atoms with Gasteiger partial charge >= 0.3 is 0 Å². The highest BCUT2D eigenvalue weighted by Crippen LogP contribution is 2.26. The van der Waals surface area contributed by atoms with Crippen molar-refractivity contribution >= 4 is 28.4 Å². The number of rotatable bonds is 9. The van der Waals surface area contributed by atoms with Crippen LogP contribution in [0.3, 0.4) is 0 Å². The number of ketones is 1. The fraction of sp³-hybridized carbons (Fsp3) is 0.400. The highest BCUT2D eigenvalue weighted by molar-refractivity contribution is 8.00. The van der Waals surface area contributed by atoms with E-state index in [0.717, 1.165) is 39.3 Å². The number of thioether (sulfide) groups is 1. The first-order valence-corrected chi connectivity index (χ1v) is 12.2. The minimum atomic E-state index is -0.387. The van der Waals surface area contributed by atoms with Gasteiger partial charge in [-0.2, -0.15) is 0 Å². The van der Waals surface area contributed by atoms with Crippen molar-refractivity contribution < 1.29 is 19.2 Å². The number of Topliss-reactive ketones (excluding diaryl/α,β-unsaturated/α-hetero) is 1. The zero-order valence-corrected chi connectivity index (χ0v) is 19.9. The average molecular weight is 469 g/mol. The van der Waals surface area contributed by atoms with Crippen LogP contribution < -0.4 is 15.2 Å². The van der Waals surface area contributed by atoms with Gasteiger partial charge in [-0.1, -0.05) is 23.9 Å². The Morgan fingerprint density at radius 3 is 2.64 bits per heavy atom. The van der Waals surface area contributed by atoms with Crippen LogP contribution in [0.15, 0.2) is 58.5 Å². The number of fused-ring (bicyclic) bond motifs is 1. The van der Waals surface area contributed by atoms with Gasteiger partial charge in [0.1, 0.15) is 18.8 Å². The second kappa shape index (κ2) is 11.0. The maximum atomic E-state index is 13.3. The minimum absolute atomic E-state index is 0.00521. The zero-order valence-electron chi connectivity index (χ0n) is 19.1. The Hall–Kier alpha value is -2.68. The number of aromatic nitrogens is 2. The Labute approximate surface area is 197 Å². The summed E-state index contributed by atoms with van der Waals surface area (Å²) in [6.07, 6.45) is 0.865. The molecule has 0 aliphatic carbocycles. The second-order valence-electron chi connectivity index (χ2n) is 8.19. The van der Waals surface area contributed by atoms with Gasteiger partial charge in [0.2, 0.25) is 0 Å². The molecule has 2 heterocycles. The van der Waals surface area contributed by atoms with Crippen LogP contribution in [0.4, 0.5) is 0 Å². The van der Waals surface area contributed by atoms with E-state index >= 15 is 0 Å². The summed E-state index contributed by atoms with van der Waals surface area (Å²) in [7, 11) is 1.60. The smallest absolute Gasteiger partial charge is 0.262 e. The van der Waals surface area contributed by atoms with Gasteiger partial charge in [0, 0.05) is 18.5 Å². The first kappa shape index (κ1) is 23.5. The van der Waals surface area contributed by atoms with Crippen LogP contribution in [0.25, 0.3) is 10.9 Å². The molecule has 4 rings (SSSR count). The number of quaternary nitrogens is 1. The summed E-state index contributed by atoms with van der Waals surface area (Å²) in [5, 5.41) is 0.808. The molecule has 7 nitrogen and oxygen atoms in total. The monoisotopic (exact) mass is 468 g/mol. The number of carbonyl (C=O) groups is 1. The lowest BCUT2D eigenvalue weighted by molar-refractivity contribution is -0.908. The van der Waals surface area contributed by atoms with E-state index in [9.17, 15) is 9.59 Å². The van der Waals surface area contributed by atoms with Gasteiger partial charge in [0.15, 0.2) is 10.9 Å². The molecule has 174 valence electrons. The van der Waals surface area contributed by atoms with Crippen molar-refractivity contribution in [1.29, 1.82) is 0 Å². The van der Waals surface area contributed by atoms with Crippen LogP contribution in [0.1, 0.15) is 23.7 Å². The van der Waals surface area contributed by atoms with Crippen LogP contribution >= 0.6 is 11.8 Å². The van der Waals surface area contributed by atoms with E-state index in [1.165, 1.54) is 16.7 Å². The standard InChI is InChI=1S/C25H29N3O4S/c1-18(23(29)19-8-10-20(31-2)11-9-19)33-25-26-22-7-4-3-6-21(22)24(30)28(25)13-5-12-27-14-16-32-17-15-27/h3-4,6-11,18H,5,12-17H2,1-2H3/p+1/t18-/m0/s1. The maximum absolute atomic E-state index is 13.3. The molecule has 1 atom stereocenters. The first-order valence-electron chi connectivity index (χ1n) is 11.3. The molecule has 0 unspecified atom stereocenters. The number of para-hydroxylation sites is 1. The lowest BCUT2D eigenvalue weighted by Gasteiger charge is -2.24.